The van der Waals surface area contributed by atoms with E-state index in [0.29, 0.717) is 71.6 Å². The smallest absolute Gasteiger partial charge is 0.305 e. The van der Waals surface area contributed by atoms with Crippen molar-refractivity contribution in [3.05, 3.63) is 0 Å². The van der Waals surface area contributed by atoms with Crippen molar-refractivity contribution >= 4 is 5.97 Å². The van der Waals surface area contributed by atoms with Gasteiger partial charge in [-0.3, -0.25) is 4.79 Å². The van der Waals surface area contributed by atoms with Crippen molar-refractivity contribution in [2.24, 2.45) is 11.8 Å². The number of ether oxygens (including phenoxy) is 5. The SMILES string of the molecule is CC(C)CCCCCCOC(=O)CCCOCCOCCOCCOCC(C)C. The van der Waals surface area contributed by atoms with E-state index in [4.69, 9.17) is 23.7 Å². The largest absolute Gasteiger partial charge is 0.466 e. The van der Waals surface area contributed by atoms with E-state index in [9.17, 15) is 4.79 Å². The van der Waals surface area contributed by atoms with Gasteiger partial charge in [0.2, 0.25) is 0 Å². The molecule has 29 heavy (non-hydrogen) atoms. The summed E-state index contributed by atoms with van der Waals surface area (Å²) in [5.74, 6) is 1.21. The summed E-state index contributed by atoms with van der Waals surface area (Å²) in [4.78, 5) is 11.6. The molecule has 0 atom stereocenters. The monoisotopic (exact) mass is 418 g/mol. The summed E-state index contributed by atoms with van der Waals surface area (Å²) in [5, 5.41) is 0. The van der Waals surface area contributed by atoms with Gasteiger partial charge in [-0.15, -0.1) is 0 Å². The Morgan fingerprint density at radius 1 is 0.586 bits per heavy atom. The molecular weight excluding hydrogens is 372 g/mol. The van der Waals surface area contributed by atoms with Gasteiger partial charge < -0.3 is 23.7 Å². The van der Waals surface area contributed by atoms with E-state index < -0.39 is 0 Å². The van der Waals surface area contributed by atoms with Crippen molar-refractivity contribution in [2.75, 3.05) is 59.5 Å². The molecule has 0 fully saturated rings. The van der Waals surface area contributed by atoms with Gasteiger partial charge in [0.05, 0.1) is 46.2 Å². The van der Waals surface area contributed by atoms with Gasteiger partial charge in [-0.2, -0.15) is 0 Å². The van der Waals surface area contributed by atoms with Crippen LogP contribution in [0.4, 0.5) is 0 Å². The average molecular weight is 419 g/mol. The van der Waals surface area contributed by atoms with E-state index in [0.717, 1.165) is 25.4 Å². The lowest BCUT2D eigenvalue weighted by Gasteiger charge is -2.08. The quantitative estimate of drug-likeness (QED) is 0.189. The Labute approximate surface area is 178 Å². The maximum absolute atomic E-state index is 11.6. The molecule has 0 saturated heterocycles. The van der Waals surface area contributed by atoms with E-state index in [1.54, 1.807) is 0 Å². The fourth-order valence-electron chi connectivity index (χ4n) is 2.56. The van der Waals surface area contributed by atoms with Crippen molar-refractivity contribution in [3.8, 4) is 0 Å². The first-order chi connectivity index (χ1) is 14.0. The molecular formula is C23H46O6. The first-order valence-corrected chi connectivity index (χ1v) is 11.5. The van der Waals surface area contributed by atoms with Crippen LogP contribution in [-0.2, 0) is 28.5 Å². The maximum atomic E-state index is 11.6. The van der Waals surface area contributed by atoms with Crippen molar-refractivity contribution in [2.45, 2.75) is 72.6 Å². The number of carbonyl (C=O) groups excluding carboxylic acids is 1. The van der Waals surface area contributed by atoms with Crippen molar-refractivity contribution in [1.82, 2.24) is 0 Å². The molecule has 174 valence electrons. The fraction of sp³-hybridized carbons (Fsp3) is 0.957. The van der Waals surface area contributed by atoms with Gasteiger partial charge in [0.15, 0.2) is 0 Å². The molecule has 0 unspecified atom stereocenters. The van der Waals surface area contributed by atoms with Crippen LogP contribution in [0.5, 0.6) is 0 Å². The van der Waals surface area contributed by atoms with Crippen molar-refractivity contribution < 1.29 is 28.5 Å². The van der Waals surface area contributed by atoms with Crippen LogP contribution in [0.2, 0.25) is 0 Å². The summed E-state index contributed by atoms with van der Waals surface area (Å²) in [6, 6.07) is 0. The molecule has 0 aromatic rings. The second kappa shape index (κ2) is 22.0. The summed E-state index contributed by atoms with van der Waals surface area (Å²) in [6.07, 6.45) is 6.99. The maximum Gasteiger partial charge on any atom is 0.305 e. The lowest BCUT2D eigenvalue weighted by Crippen LogP contribution is -2.13. The predicted octanol–water partition coefficient (Wildman–Crippen LogP) is 4.64. The van der Waals surface area contributed by atoms with Gasteiger partial charge in [-0.05, 0) is 24.7 Å². The van der Waals surface area contributed by atoms with Crippen LogP contribution in [-0.4, -0.2) is 65.4 Å². The zero-order valence-corrected chi connectivity index (χ0v) is 19.4. The molecule has 0 rings (SSSR count). The number of rotatable bonds is 22. The topological polar surface area (TPSA) is 63.2 Å². The van der Waals surface area contributed by atoms with Gasteiger partial charge in [0, 0.05) is 19.6 Å². The predicted molar refractivity (Wildman–Crippen MR) is 116 cm³/mol. The molecule has 0 radical (unpaired) electrons. The van der Waals surface area contributed by atoms with Gasteiger partial charge in [-0.25, -0.2) is 0 Å². The van der Waals surface area contributed by atoms with Gasteiger partial charge in [0.25, 0.3) is 0 Å². The molecule has 0 aliphatic rings. The summed E-state index contributed by atoms with van der Waals surface area (Å²) in [6.45, 7) is 14.0. The third kappa shape index (κ3) is 25.3. The highest BCUT2D eigenvalue weighted by Gasteiger charge is 2.03. The van der Waals surface area contributed by atoms with Gasteiger partial charge in [0.1, 0.15) is 0 Å². The first-order valence-electron chi connectivity index (χ1n) is 11.5. The Morgan fingerprint density at radius 3 is 1.72 bits per heavy atom. The fourth-order valence-corrected chi connectivity index (χ4v) is 2.56. The molecule has 0 saturated carbocycles. The molecule has 0 N–H and O–H groups in total. The molecule has 0 spiro atoms. The van der Waals surface area contributed by atoms with Crippen LogP contribution >= 0.6 is 0 Å². The molecule has 0 bridgehead atoms. The molecule has 0 aliphatic carbocycles. The van der Waals surface area contributed by atoms with Crippen molar-refractivity contribution in [3.63, 3.8) is 0 Å². The van der Waals surface area contributed by atoms with E-state index in [-0.39, 0.29) is 5.97 Å². The second-order valence-electron chi connectivity index (χ2n) is 8.23. The minimum Gasteiger partial charge on any atom is -0.466 e. The summed E-state index contributed by atoms with van der Waals surface area (Å²) >= 11 is 0. The Kier molecular flexibility index (Phi) is 21.5. The second-order valence-corrected chi connectivity index (χ2v) is 8.23. The van der Waals surface area contributed by atoms with E-state index in [2.05, 4.69) is 27.7 Å². The lowest BCUT2D eigenvalue weighted by atomic mass is 10.0. The third-order valence-corrected chi connectivity index (χ3v) is 4.18. The summed E-state index contributed by atoms with van der Waals surface area (Å²) in [7, 11) is 0. The number of carbonyl (C=O) groups is 1. The average Bonchev–Trinajstić information content (AvgIpc) is 2.67. The van der Waals surface area contributed by atoms with Crippen LogP contribution in [0.15, 0.2) is 0 Å². The zero-order chi connectivity index (χ0) is 21.6. The number of esters is 1. The van der Waals surface area contributed by atoms with Gasteiger partial charge >= 0.3 is 5.97 Å². The summed E-state index contributed by atoms with van der Waals surface area (Å²) < 4.78 is 27.0. The highest BCUT2D eigenvalue weighted by atomic mass is 16.6. The number of hydrogen-bond donors (Lipinski definition) is 0. The normalized spacial score (nSPS) is 11.5. The minimum atomic E-state index is -0.124. The molecule has 0 aliphatic heterocycles. The van der Waals surface area contributed by atoms with Crippen LogP contribution in [0.25, 0.3) is 0 Å². The molecule has 0 aromatic carbocycles. The third-order valence-electron chi connectivity index (χ3n) is 4.18. The van der Waals surface area contributed by atoms with Gasteiger partial charge in [-0.1, -0.05) is 53.4 Å². The van der Waals surface area contributed by atoms with Crippen LogP contribution in [0, 0.1) is 11.8 Å². The Balaban J connectivity index is 3.16. The van der Waals surface area contributed by atoms with Crippen LogP contribution < -0.4 is 0 Å². The Bertz CT molecular complexity index is 346. The standard InChI is InChI=1S/C23H46O6/c1-21(2)10-7-5-6-8-13-29-23(24)11-9-12-25-14-15-26-16-17-27-18-19-28-20-22(3)4/h21-22H,5-20H2,1-4H3. The molecule has 6 heteroatoms. The molecule has 0 amide bonds. The number of hydrogen-bond acceptors (Lipinski definition) is 6. The molecule has 0 heterocycles. The minimum absolute atomic E-state index is 0.124. The van der Waals surface area contributed by atoms with E-state index >= 15 is 0 Å². The van der Waals surface area contributed by atoms with Crippen molar-refractivity contribution in [1.29, 1.82) is 0 Å². The van der Waals surface area contributed by atoms with Crippen LogP contribution in [0.3, 0.4) is 0 Å². The van der Waals surface area contributed by atoms with E-state index in [1.165, 1.54) is 19.3 Å². The number of unbranched alkanes of at least 4 members (excludes halogenated alkanes) is 3. The highest BCUT2D eigenvalue weighted by Crippen LogP contribution is 2.09. The first kappa shape index (κ1) is 28.3. The zero-order valence-electron chi connectivity index (χ0n) is 19.4. The van der Waals surface area contributed by atoms with E-state index in [1.807, 2.05) is 0 Å². The molecule has 6 nitrogen and oxygen atoms in total. The Morgan fingerprint density at radius 2 is 1.14 bits per heavy atom. The van der Waals surface area contributed by atoms with Crippen LogP contribution in [0.1, 0.15) is 72.6 Å². The Hall–Kier alpha value is -0.690. The highest BCUT2D eigenvalue weighted by molar-refractivity contribution is 5.69. The summed E-state index contributed by atoms with van der Waals surface area (Å²) in [5.41, 5.74) is 0. The molecule has 0 aromatic heterocycles. The lowest BCUT2D eigenvalue weighted by molar-refractivity contribution is -0.144.